The van der Waals surface area contributed by atoms with E-state index in [1.165, 1.54) is 17.0 Å². The lowest BCUT2D eigenvalue weighted by Crippen LogP contribution is -2.26. The number of carbonyl (C=O) groups excluding carboxylic acids is 1. The highest BCUT2D eigenvalue weighted by atomic mass is 79.9. The fourth-order valence-electron chi connectivity index (χ4n) is 1.84. The summed E-state index contributed by atoms with van der Waals surface area (Å²) >= 11 is 15.1. The molecule has 0 radical (unpaired) electrons. The fraction of sp³-hybridized carbons (Fsp3) is 0.133. The quantitative estimate of drug-likeness (QED) is 0.708. The summed E-state index contributed by atoms with van der Waals surface area (Å²) in [6.45, 7) is 0.0879. The Bertz CT molecular complexity index is 673. The van der Waals surface area contributed by atoms with Crippen LogP contribution in [0.2, 0.25) is 10.0 Å². The smallest absolute Gasteiger partial charge is 0.253 e. The lowest BCUT2D eigenvalue weighted by molar-refractivity contribution is 0.0784. The minimum Gasteiger partial charge on any atom is -0.337 e. The van der Waals surface area contributed by atoms with Crippen molar-refractivity contribution in [1.29, 1.82) is 0 Å². The molecule has 0 aliphatic rings. The first-order valence-electron chi connectivity index (χ1n) is 6.03. The Balaban J connectivity index is 2.21. The van der Waals surface area contributed by atoms with E-state index in [4.69, 9.17) is 23.2 Å². The van der Waals surface area contributed by atoms with Gasteiger partial charge in [0.05, 0.1) is 5.02 Å². The van der Waals surface area contributed by atoms with Crippen LogP contribution in [0.15, 0.2) is 40.9 Å². The third-order valence-electron chi connectivity index (χ3n) is 2.97. The van der Waals surface area contributed by atoms with Gasteiger partial charge in [0.1, 0.15) is 5.82 Å². The molecule has 0 unspecified atom stereocenters. The van der Waals surface area contributed by atoms with Crippen molar-refractivity contribution in [2.24, 2.45) is 0 Å². The van der Waals surface area contributed by atoms with Crippen LogP contribution in [0.1, 0.15) is 15.9 Å². The van der Waals surface area contributed by atoms with Crippen LogP contribution >= 0.6 is 39.1 Å². The maximum atomic E-state index is 13.7. The molecule has 21 heavy (non-hydrogen) atoms. The Morgan fingerprint density at radius 2 is 1.95 bits per heavy atom. The molecule has 0 saturated heterocycles. The second kappa shape index (κ2) is 6.77. The molecule has 0 saturated carbocycles. The SMILES string of the molecule is CN(Cc1c(F)cccc1Cl)C(=O)c1ccc(Cl)c(Br)c1. The number of rotatable bonds is 3. The second-order valence-electron chi connectivity index (χ2n) is 4.49. The van der Waals surface area contributed by atoms with E-state index in [0.717, 1.165) is 0 Å². The van der Waals surface area contributed by atoms with E-state index in [0.29, 0.717) is 25.6 Å². The standard InChI is InChI=1S/C15H11BrCl2FNO/c1-20(8-10-12(17)3-2-4-14(10)19)15(21)9-5-6-13(18)11(16)7-9/h2-7H,8H2,1H3. The number of nitrogens with zero attached hydrogens (tertiary/aromatic N) is 1. The first-order chi connectivity index (χ1) is 9.90. The summed E-state index contributed by atoms with van der Waals surface area (Å²) in [4.78, 5) is 13.7. The minimum atomic E-state index is -0.431. The van der Waals surface area contributed by atoms with Crippen LogP contribution in [0.25, 0.3) is 0 Å². The molecular weight excluding hydrogens is 380 g/mol. The molecule has 0 heterocycles. The van der Waals surface area contributed by atoms with Crippen molar-refractivity contribution in [2.45, 2.75) is 6.54 Å². The highest BCUT2D eigenvalue weighted by Gasteiger charge is 2.16. The number of benzene rings is 2. The molecule has 0 fully saturated rings. The topological polar surface area (TPSA) is 20.3 Å². The maximum absolute atomic E-state index is 13.7. The van der Waals surface area contributed by atoms with Crippen molar-refractivity contribution < 1.29 is 9.18 Å². The largest absolute Gasteiger partial charge is 0.337 e. The number of hydrogen-bond acceptors (Lipinski definition) is 1. The number of halogens is 4. The van der Waals surface area contributed by atoms with E-state index in [1.54, 1.807) is 31.3 Å². The Morgan fingerprint density at radius 1 is 1.24 bits per heavy atom. The van der Waals surface area contributed by atoms with Crippen LogP contribution in [0.5, 0.6) is 0 Å². The summed E-state index contributed by atoms with van der Waals surface area (Å²) < 4.78 is 14.4. The summed E-state index contributed by atoms with van der Waals surface area (Å²) in [6, 6.07) is 9.32. The molecule has 0 atom stereocenters. The maximum Gasteiger partial charge on any atom is 0.253 e. The molecule has 110 valence electrons. The lowest BCUT2D eigenvalue weighted by atomic mass is 10.1. The monoisotopic (exact) mass is 389 g/mol. The van der Waals surface area contributed by atoms with Crippen LogP contribution < -0.4 is 0 Å². The number of carbonyl (C=O) groups is 1. The first-order valence-corrected chi connectivity index (χ1v) is 7.58. The van der Waals surface area contributed by atoms with Crippen LogP contribution in [0.4, 0.5) is 4.39 Å². The van der Waals surface area contributed by atoms with E-state index in [9.17, 15) is 9.18 Å². The molecule has 0 N–H and O–H groups in total. The van der Waals surface area contributed by atoms with Gasteiger partial charge in [-0.25, -0.2) is 4.39 Å². The van der Waals surface area contributed by atoms with Gasteiger partial charge in [0.2, 0.25) is 0 Å². The van der Waals surface area contributed by atoms with Gasteiger partial charge >= 0.3 is 0 Å². The summed E-state index contributed by atoms with van der Waals surface area (Å²) in [5, 5.41) is 0.818. The summed E-state index contributed by atoms with van der Waals surface area (Å²) in [5.41, 5.74) is 0.754. The van der Waals surface area contributed by atoms with Crippen molar-refractivity contribution in [3.05, 3.63) is 67.9 Å². The zero-order chi connectivity index (χ0) is 15.6. The van der Waals surface area contributed by atoms with E-state index in [-0.39, 0.29) is 12.5 Å². The van der Waals surface area contributed by atoms with E-state index < -0.39 is 5.82 Å². The molecule has 0 spiro atoms. The summed E-state index contributed by atoms with van der Waals surface area (Å²) in [6.07, 6.45) is 0. The average molecular weight is 391 g/mol. The van der Waals surface area contributed by atoms with Crippen molar-refractivity contribution in [1.82, 2.24) is 4.90 Å². The van der Waals surface area contributed by atoms with Crippen molar-refractivity contribution in [3.8, 4) is 0 Å². The zero-order valence-corrected chi connectivity index (χ0v) is 14.1. The molecule has 6 heteroatoms. The third kappa shape index (κ3) is 3.76. The van der Waals surface area contributed by atoms with Crippen molar-refractivity contribution in [3.63, 3.8) is 0 Å². The van der Waals surface area contributed by atoms with Gasteiger partial charge in [0.25, 0.3) is 5.91 Å². The molecule has 0 aliphatic carbocycles. The normalized spacial score (nSPS) is 10.5. The highest BCUT2D eigenvalue weighted by molar-refractivity contribution is 9.10. The zero-order valence-electron chi connectivity index (χ0n) is 11.0. The third-order valence-corrected chi connectivity index (χ3v) is 4.54. The van der Waals surface area contributed by atoms with Gasteiger partial charge in [-0.15, -0.1) is 0 Å². The van der Waals surface area contributed by atoms with E-state index >= 15 is 0 Å². The first kappa shape index (κ1) is 16.3. The second-order valence-corrected chi connectivity index (χ2v) is 6.16. The Kier molecular flexibility index (Phi) is 5.25. The molecule has 0 aromatic heterocycles. The predicted octanol–water partition coefficient (Wildman–Crippen LogP) is 5.17. The van der Waals surface area contributed by atoms with Gasteiger partial charge in [-0.05, 0) is 46.3 Å². The molecule has 2 rings (SSSR count). The van der Waals surface area contributed by atoms with E-state index in [1.807, 2.05) is 0 Å². The molecule has 2 aromatic rings. The van der Waals surface area contributed by atoms with Crippen LogP contribution in [0, 0.1) is 5.82 Å². The van der Waals surface area contributed by atoms with Crippen molar-refractivity contribution >= 4 is 45.0 Å². The Hall–Kier alpha value is -1.10. The molecule has 1 amide bonds. The van der Waals surface area contributed by atoms with Gasteiger partial charge in [-0.2, -0.15) is 0 Å². The van der Waals surface area contributed by atoms with Crippen LogP contribution in [-0.2, 0) is 6.54 Å². The van der Waals surface area contributed by atoms with Gasteiger partial charge in [-0.3, -0.25) is 4.79 Å². The molecule has 0 aliphatic heterocycles. The van der Waals surface area contributed by atoms with Crippen LogP contribution in [-0.4, -0.2) is 17.9 Å². The van der Waals surface area contributed by atoms with Crippen LogP contribution in [0.3, 0.4) is 0 Å². The molecule has 0 bridgehead atoms. The van der Waals surface area contributed by atoms with Gasteiger partial charge in [0.15, 0.2) is 0 Å². The Labute approximate surface area is 140 Å². The highest BCUT2D eigenvalue weighted by Crippen LogP contribution is 2.25. The Morgan fingerprint density at radius 3 is 2.57 bits per heavy atom. The minimum absolute atomic E-state index is 0.0879. The summed E-state index contributed by atoms with van der Waals surface area (Å²) in [5.74, 6) is -0.675. The summed E-state index contributed by atoms with van der Waals surface area (Å²) in [7, 11) is 1.59. The lowest BCUT2D eigenvalue weighted by Gasteiger charge is -2.18. The average Bonchev–Trinajstić information content (AvgIpc) is 2.45. The van der Waals surface area contributed by atoms with Gasteiger partial charge < -0.3 is 4.90 Å². The van der Waals surface area contributed by atoms with Gasteiger partial charge in [-0.1, -0.05) is 29.3 Å². The number of amides is 1. The number of hydrogen-bond donors (Lipinski definition) is 0. The fourth-order valence-corrected chi connectivity index (χ4v) is 2.56. The molecule has 2 aromatic carbocycles. The van der Waals surface area contributed by atoms with E-state index in [2.05, 4.69) is 15.9 Å². The van der Waals surface area contributed by atoms with Crippen molar-refractivity contribution in [2.75, 3.05) is 7.05 Å². The molecular formula is C15H11BrCl2FNO. The molecule has 2 nitrogen and oxygen atoms in total. The predicted molar refractivity (Wildman–Crippen MR) is 86.4 cm³/mol. The van der Waals surface area contributed by atoms with Gasteiger partial charge in [0, 0.05) is 34.2 Å².